The lowest BCUT2D eigenvalue weighted by Crippen LogP contribution is -2.49. The van der Waals surface area contributed by atoms with Crippen LogP contribution in [0.2, 0.25) is 0 Å². The third kappa shape index (κ3) is 5.91. The van der Waals surface area contributed by atoms with E-state index in [1.54, 1.807) is 19.1 Å². The minimum absolute atomic E-state index is 0.0652. The van der Waals surface area contributed by atoms with Crippen molar-refractivity contribution in [2.75, 3.05) is 6.61 Å². The van der Waals surface area contributed by atoms with Gasteiger partial charge in [0.15, 0.2) is 0 Å². The predicted octanol–water partition coefficient (Wildman–Crippen LogP) is 6.93. The average Bonchev–Trinajstić information content (AvgIpc) is 3.22. The van der Waals surface area contributed by atoms with E-state index in [1.807, 2.05) is 36.0 Å². The van der Waals surface area contributed by atoms with Crippen molar-refractivity contribution in [3.63, 3.8) is 0 Å². The van der Waals surface area contributed by atoms with E-state index in [2.05, 4.69) is 48.2 Å². The highest BCUT2D eigenvalue weighted by Crippen LogP contribution is 2.38. The second-order valence-corrected chi connectivity index (χ2v) is 11.0. The van der Waals surface area contributed by atoms with E-state index in [4.69, 9.17) is 9.47 Å². The fourth-order valence-electron chi connectivity index (χ4n) is 5.62. The van der Waals surface area contributed by atoms with E-state index in [9.17, 15) is 9.59 Å². The Kier molecular flexibility index (Phi) is 8.38. The molecule has 2 fully saturated rings. The van der Waals surface area contributed by atoms with Gasteiger partial charge in [0, 0.05) is 41.1 Å². The number of fused-ring (bicyclic) bond motifs is 2. The summed E-state index contributed by atoms with van der Waals surface area (Å²) in [5.41, 5.74) is 3.89. The Balaban J connectivity index is 1.17. The van der Waals surface area contributed by atoms with E-state index >= 15 is 0 Å². The van der Waals surface area contributed by atoms with Gasteiger partial charge in [-0.3, -0.25) is 4.79 Å². The van der Waals surface area contributed by atoms with Crippen molar-refractivity contribution in [2.45, 2.75) is 74.8 Å². The molecule has 3 aromatic carbocycles. The molecule has 0 saturated carbocycles. The number of esters is 1. The molecule has 0 aromatic heterocycles. The molecule has 2 aliphatic rings. The van der Waals surface area contributed by atoms with Crippen molar-refractivity contribution in [1.82, 2.24) is 4.90 Å². The van der Waals surface area contributed by atoms with Crippen LogP contribution in [-0.4, -0.2) is 41.6 Å². The molecule has 2 unspecified atom stereocenters. The first-order valence-electron chi connectivity index (χ1n) is 13.6. The number of amides is 1. The van der Waals surface area contributed by atoms with Gasteiger partial charge in [-0.2, -0.15) is 0 Å². The van der Waals surface area contributed by atoms with Crippen molar-refractivity contribution in [1.29, 1.82) is 0 Å². The van der Waals surface area contributed by atoms with Gasteiger partial charge in [0.05, 0.1) is 12.2 Å². The minimum Gasteiger partial charge on any atom is -0.490 e. The minimum atomic E-state index is -0.322. The first-order chi connectivity index (χ1) is 18.6. The molecule has 0 aliphatic carbocycles. The average molecular weight is 530 g/mol. The summed E-state index contributed by atoms with van der Waals surface area (Å²) in [4.78, 5) is 28.8. The number of nitrogens with zero attached hydrogens (tertiary/aromatic N) is 1. The van der Waals surface area contributed by atoms with E-state index < -0.39 is 0 Å². The van der Waals surface area contributed by atoms with Crippen LogP contribution in [0.1, 0.15) is 71.4 Å². The van der Waals surface area contributed by atoms with Gasteiger partial charge in [0.25, 0.3) is 5.91 Å². The zero-order chi connectivity index (χ0) is 26.5. The van der Waals surface area contributed by atoms with Crippen LogP contribution < -0.4 is 4.74 Å². The molecule has 38 heavy (non-hydrogen) atoms. The Morgan fingerprint density at radius 1 is 0.868 bits per heavy atom. The molecule has 0 N–H and O–H groups in total. The molecule has 2 atom stereocenters. The molecule has 2 aliphatic heterocycles. The van der Waals surface area contributed by atoms with Gasteiger partial charge in [0.1, 0.15) is 11.9 Å². The lowest BCUT2D eigenvalue weighted by Gasteiger charge is -2.39. The van der Waals surface area contributed by atoms with E-state index in [0.29, 0.717) is 12.2 Å². The summed E-state index contributed by atoms with van der Waals surface area (Å²) in [5, 5.41) is 0. The molecule has 1 amide bonds. The summed E-state index contributed by atoms with van der Waals surface area (Å²) in [6, 6.07) is 24.2. The van der Waals surface area contributed by atoms with Crippen LogP contribution in [0, 0.1) is 0 Å². The van der Waals surface area contributed by atoms with E-state index in [1.165, 1.54) is 16.0 Å². The predicted molar refractivity (Wildman–Crippen MR) is 151 cm³/mol. The highest BCUT2D eigenvalue weighted by Gasteiger charge is 2.44. The first kappa shape index (κ1) is 26.4. The van der Waals surface area contributed by atoms with Gasteiger partial charge < -0.3 is 14.4 Å². The Labute approximate surface area is 229 Å². The number of carbonyl (C=O) groups is 2. The number of hydrogen-bond acceptors (Lipinski definition) is 5. The van der Waals surface area contributed by atoms with Crippen LogP contribution in [0.5, 0.6) is 5.75 Å². The van der Waals surface area contributed by atoms with E-state index in [-0.39, 0.29) is 30.1 Å². The van der Waals surface area contributed by atoms with Crippen LogP contribution in [0.15, 0.2) is 77.7 Å². The summed E-state index contributed by atoms with van der Waals surface area (Å²) in [7, 11) is 0. The van der Waals surface area contributed by atoms with Gasteiger partial charge >= 0.3 is 5.97 Å². The first-order valence-corrected chi connectivity index (χ1v) is 14.6. The molecule has 2 bridgehead atoms. The van der Waals surface area contributed by atoms with Crippen LogP contribution in [-0.2, 0) is 16.9 Å². The Bertz CT molecular complexity index is 1240. The summed E-state index contributed by atoms with van der Waals surface area (Å²) in [6.45, 7) is 4.34. The van der Waals surface area contributed by atoms with Crippen molar-refractivity contribution >= 4 is 23.6 Å². The number of piperidine rings is 1. The molecule has 3 aromatic rings. The van der Waals surface area contributed by atoms with Gasteiger partial charge in [-0.15, -0.1) is 11.8 Å². The van der Waals surface area contributed by atoms with Gasteiger partial charge in [-0.05, 0) is 79.8 Å². The standard InChI is InChI=1S/C32H35NO4S/c1-3-23-7-5-6-8-30(23)38-21-22-9-11-24(12-10-22)31(34)33-26-15-16-27(33)20-29(19-26)37-28-17-13-25(14-18-28)32(35)36-4-2/h5-14,17-18,26-27,29H,3-4,15-16,19-21H2,1-2H3. The summed E-state index contributed by atoms with van der Waals surface area (Å²) < 4.78 is 11.3. The molecule has 6 heteroatoms. The molecular formula is C32H35NO4S. The van der Waals surface area contributed by atoms with Crippen LogP contribution in [0.3, 0.4) is 0 Å². The summed E-state index contributed by atoms with van der Waals surface area (Å²) >= 11 is 1.85. The number of hydrogen-bond donors (Lipinski definition) is 0. The normalized spacial score (nSPS) is 20.3. The number of ether oxygens (including phenoxy) is 2. The second kappa shape index (κ2) is 12.1. The quantitative estimate of drug-likeness (QED) is 0.222. The van der Waals surface area contributed by atoms with E-state index in [0.717, 1.165) is 49.2 Å². The maximum Gasteiger partial charge on any atom is 0.338 e. The number of benzene rings is 3. The zero-order valence-corrected chi connectivity index (χ0v) is 22.9. The SMILES string of the molecule is CCOC(=O)c1ccc(OC2CC3CCC(C2)N3C(=O)c2ccc(CSc3ccccc3CC)cc2)cc1. The van der Waals surface area contributed by atoms with Crippen molar-refractivity contribution < 1.29 is 19.1 Å². The molecule has 5 nitrogen and oxygen atoms in total. The second-order valence-electron chi connectivity index (χ2n) is 10.0. The Morgan fingerprint density at radius 3 is 2.18 bits per heavy atom. The largest absolute Gasteiger partial charge is 0.490 e. The van der Waals surface area contributed by atoms with Gasteiger partial charge in [0.2, 0.25) is 0 Å². The summed E-state index contributed by atoms with van der Waals surface area (Å²) in [6.07, 6.45) is 4.78. The van der Waals surface area contributed by atoms with Gasteiger partial charge in [-0.1, -0.05) is 37.3 Å². The number of rotatable bonds is 9. The highest BCUT2D eigenvalue weighted by molar-refractivity contribution is 7.98. The van der Waals surface area contributed by atoms with Crippen molar-refractivity contribution in [2.24, 2.45) is 0 Å². The lowest BCUT2D eigenvalue weighted by molar-refractivity contribution is 0.0359. The molecular weight excluding hydrogens is 494 g/mol. The maximum atomic E-state index is 13.5. The van der Waals surface area contributed by atoms with Crippen LogP contribution >= 0.6 is 11.8 Å². The third-order valence-electron chi connectivity index (χ3n) is 7.54. The van der Waals surface area contributed by atoms with Crippen molar-refractivity contribution in [3.05, 3.63) is 95.1 Å². The zero-order valence-electron chi connectivity index (χ0n) is 22.1. The fraction of sp³-hybridized carbons (Fsp3) is 0.375. The number of carbonyl (C=O) groups excluding carboxylic acids is 2. The maximum absolute atomic E-state index is 13.5. The number of aryl methyl sites for hydroxylation is 1. The monoisotopic (exact) mass is 529 g/mol. The molecule has 2 saturated heterocycles. The molecule has 0 radical (unpaired) electrons. The Morgan fingerprint density at radius 2 is 1.53 bits per heavy atom. The molecule has 2 heterocycles. The lowest BCUT2D eigenvalue weighted by atomic mass is 9.98. The molecule has 0 spiro atoms. The summed E-state index contributed by atoms with van der Waals surface area (Å²) in [5.74, 6) is 1.44. The van der Waals surface area contributed by atoms with Gasteiger partial charge in [-0.25, -0.2) is 4.79 Å². The Hall–Kier alpha value is -3.25. The molecule has 198 valence electrons. The number of thioether (sulfide) groups is 1. The fourth-order valence-corrected chi connectivity index (χ4v) is 6.71. The molecule has 5 rings (SSSR count). The smallest absolute Gasteiger partial charge is 0.338 e. The third-order valence-corrected chi connectivity index (χ3v) is 8.73. The van der Waals surface area contributed by atoms with Crippen LogP contribution in [0.4, 0.5) is 0 Å². The van der Waals surface area contributed by atoms with Crippen molar-refractivity contribution in [3.8, 4) is 5.75 Å². The highest BCUT2D eigenvalue weighted by atomic mass is 32.2. The van der Waals surface area contributed by atoms with Crippen LogP contribution in [0.25, 0.3) is 0 Å². The topological polar surface area (TPSA) is 55.8 Å².